The maximum Gasteiger partial charge on any atom is 0.416 e. The second-order valence-corrected chi connectivity index (χ2v) is 21.6. The molecule has 3 rings (SSSR count). The number of aryl methyl sites for hydroxylation is 1. The quantitative estimate of drug-likeness (QED) is 0.119. The van der Waals surface area contributed by atoms with Gasteiger partial charge in [-0.05, 0) is 96.4 Å². The van der Waals surface area contributed by atoms with Crippen molar-refractivity contribution < 1.29 is 79.3 Å². The first kappa shape index (κ1) is 63.1. The van der Waals surface area contributed by atoms with E-state index < -0.39 is 138 Å². The van der Waals surface area contributed by atoms with Gasteiger partial charge in [-0.3, -0.25) is 19.2 Å². The Balaban J connectivity index is 2.32. The van der Waals surface area contributed by atoms with Crippen LogP contribution < -0.4 is 0 Å². The molecule has 0 radical (unpaired) electrons. The maximum atomic E-state index is 15.7. The van der Waals surface area contributed by atoms with E-state index in [9.17, 15) is 51.5 Å². The molecule has 4 amide bonds. The fraction of sp³-hybridized carbons (Fsp3) is 0.630. The predicted molar refractivity (Wildman–Crippen MR) is 266 cm³/mol. The van der Waals surface area contributed by atoms with E-state index in [-0.39, 0.29) is 36.7 Å². The molecular weight excluding hydrogens is 992 g/mol. The van der Waals surface area contributed by atoms with E-state index in [4.69, 9.17) is 18.9 Å². The SMILES string of the molecule is Cc1ccc(C[C@H]2OC(=O)[C@H](CC(C)(C)F)N(C)C(=O)[C@@H](C)OC(=O)[C@H](CC(C)C)N(C)C(=O)[C@@H](Cc3ccc(C(F)(F)F)cc3)OC(=O)[C@H](CC(C)(C)F)N(C)C(=O)[C@@H](C)OC(=O)[C@H](CC(C)C)N(C)C2=O)cc1. The summed E-state index contributed by atoms with van der Waals surface area (Å²) in [5, 5.41) is 0. The zero-order valence-electron chi connectivity index (χ0n) is 45.7. The Morgan fingerprint density at radius 3 is 1.05 bits per heavy atom. The topological polar surface area (TPSA) is 186 Å². The number of carbonyl (C=O) groups is 8. The fourth-order valence-electron chi connectivity index (χ4n) is 8.42. The molecule has 0 bridgehead atoms. The molecule has 1 fully saturated rings. The number of rotatable bonds is 12. The highest BCUT2D eigenvalue weighted by Gasteiger charge is 2.44. The van der Waals surface area contributed by atoms with Crippen LogP contribution >= 0.6 is 0 Å². The third-order valence-corrected chi connectivity index (χ3v) is 12.7. The molecule has 418 valence electrons. The summed E-state index contributed by atoms with van der Waals surface area (Å²) in [5.74, 6) is -9.56. The first-order chi connectivity index (χ1) is 34.4. The largest absolute Gasteiger partial charge is 0.451 e. The molecule has 0 aliphatic carbocycles. The van der Waals surface area contributed by atoms with Gasteiger partial charge in [0.1, 0.15) is 35.5 Å². The van der Waals surface area contributed by atoms with Crippen molar-refractivity contribution in [3.8, 4) is 0 Å². The van der Waals surface area contributed by atoms with Crippen molar-refractivity contribution in [3.05, 3.63) is 70.8 Å². The van der Waals surface area contributed by atoms with Crippen LogP contribution in [0.3, 0.4) is 0 Å². The lowest BCUT2D eigenvalue weighted by Gasteiger charge is -2.36. The molecule has 1 aliphatic rings. The molecule has 2 aromatic rings. The molecule has 0 aromatic heterocycles. The Bertz CT molecular complexity index is 2330. The fourth-order valence-corrected chi connectivity index (χ4v) is 8.42. The minimum absolute atomic E-state index is 0.0542. The first-order valence-corrected chi connectivity index (χ1v) is 24.9. The van der Waals surface area contributed by atoms with Gasteiger partial charge in [0.05, 0.1) is 5.56 Å². The minimum Gasteiger partial charge on any atom is -0.451 e. The molecule has 0 saturated carbocycles. The number of ether oxygens (including phenoxy) is 4. The van der Waals surface area contributed by atoms with Gasteiger partial charge in [0.2, 0.25) is 0 Å². The number of halogens is 5. The van der Waals surface area contributed by atoms with Gasteiger partial charge in [-0.1, -0.05) is 69.7 Å². The smallest absolute Gasteiger partial charge is 0.416 e. The second kappa shape index (κ2) is 26.1. The molecule has 0 spiro atoms. The Kier molecular flexibility index (Phi) is 21.9. The zero-order valence-corrected chi connectivity index (χ0v) is 45.7. The molecule has 2 aromatic carbocycles. The monoisotopic (exact) mass is 1070 g/mol. The van der Waals surface area contributed by atoms with Crippen molar-refractivity contribution >= 4 is 47.5 Å². The number of esters is 4. The number of hydrogen-bond donors (Lipinski definition) is 0. The lowest BCUT2D eigenvalue weighted by Crippen LogP contribution is -2.55. The number of alkyl halides is 5. The van der Waals surface area contributed by atoms with Crippen LogP contribution in [0.15, 0.2) is 48.5 Å². The van der Waals surface area contributed by atoms with Crippen molar-refractivity contribution in [2.45, 2.75) is 181 Å². The van der Waals surface area contributed by atoms with Gasteiger partial charge < -0.3 is 38.5 Å². The van der Waals surface area contributed by atoms with Crippen LogP contribution in [0.4, 0.5) is 22.0 Å². The van der Waals surface area contributed by atoms with Gasteiger partial charge in [-0.15, -0.1) is 0 Å². The molecular formula is C54H75F5N4O12. The zero-order chi connectivity index (χ0) is 57.2. The number of nitrogens with zero attached hydrogens (tertiary/aromatic N) is 4. The average molecular weight is 1070 g/mol. The predicted octanol–water partition coefficient (Wildman–Crippen LogP) is 7.18. The molecule has 8 atom stereocenters. The summed E-state index contributed by atoms with van der Waals surface area (Å²) in [6, 6.07) is 3.89. The highest BCUT2D eigenvalue weighted by atomic mass is 19.4. The van der Waals surface area contributed by atoms with Crippen LogP contribution in [0, 0.1) is 18.8 Å². The van der Waals surface area contributed by atoms with Gasteiger partial charge >= 0.3 is 30.1 Å². The lowest BCUT2D eigenvalue weighted by atomic mass is 9.98. The number of hydrogen-bond acceptors (Lipinski definition) is 12. The van der Waals surface area contributed by atoms with Gasteiger partial charge in [-0.25, -0.2) is 28.0 Å². The Labute approximate surface area is 436 Å². The van der Waals surface area contributed by atoms with Crippen LogP contribution in [0.2, 0.25) is 0 Å². The van der Waals surface area contributed by atoms with Crippen LogP contribution in [0.5, 0.6) is 0 Å². The van der Waals surface area contributed by atoms with Crippen LogP contribution in [-0.2, 0) is 76.3 Å². The number of carbonyl (C=O) groups excluding carboxylic acids is 8. The van der Waals surface area contributed by atoms with Gasteiger partial charge in [-0.2, -0.15) is 13.2 Å². The van der Waals surface area contributed by atoms with E-state index in [1.54, 1.807) is 52.0 Å². The summed E-state index contributed by atoms with van der Waals surface area (Å²) in [6.45, 7) is 15.6. The van der Waals surface area contributed by atoms with E-state index in [2.05, 4.69) is 0 Å². The molecule has 1 saturated heterocycles. The second-order valence-electron chi connectivity index (χ2n) is 21.6. The highest BCUT2D eigenvalue weighted by molar-refractivity contribution is 5.94. The van der Waals surface area contributed by atoms with E-state index >= 15 is 8.78 Å². The molecule has 1 aliphatic heterocycles. The molecule has 21 heteroatoms. The number of cyclic esters (lactones) is 4. The third-order valence-electron chi connectivity index (χ3n) is 12.7. The normalized spacial score (nSPS) is 24.6. The Morgan fingerprint density at radius 1 is 0.467 bits per heavy atom. The summed E-state index contributed by atoms with van der Waals surface area (Å²) >= 11 is 0. The summed E-state index contributed by atoms with van der Waals surface area (Å²) in [6.07, 6.45) is -14.3. The van der Waals surface area contributed by atoms with E-state index in [0.717, 1.165) is 98.3 Å². The van der Waals surface area contributed by atoms with E-state index in [1.807, 2.05) is 6.92 Å². The Hall–Kier alpha value is -6.15. The van der Waals surface area contributed by atoms with E-state index in [1.165, 1.54) is 20.9 Å². The van der Waals surface area contributed by atoms with Crippen molar-refractivity contribution in [2.24, 2.45) is 11.8 Å². The van der Waals surface area contributed by atoms with Gasteiger partial charge in [0.15, 0.2) is 24.4 Å². The van der Waals surface area contributed by atoms with Crippen LogP contribution in [-0.4, -0.2) is 155 Å². The number of likely N-dealkylation sites (N-methyl/N-ethyl adjacent to an activating group) is 4. The molecule has 0 N–H and O–H groups in total. The minimum atomic E-state index is -4.73. The molecule has 0 unspecified atom stereocenters. The van der Waals surface area contributed by atoms with Crippen molar-refractivity contribution in [1.82, 2.24) is 19.6 Å². The van der Waals surface area contributed by atoms with Crippen molar-refractivity contribution in [2.75, 3.05) is 28.2 Å². The standard InChI is InChI=1S/C54H75F5N4O12/c1-30(2)24-38-48(68)72-34(7)45(65)63(15)41(29-53(10,11)56)51(71)75-43(27-36-20-22-37(23-21-36)54(57,58)59)47(67)61(13)39(25-31(3)4)49(69)73-33(6)44(64)62(14)40(28-52(8,9)55)50(70)74-42(46(66)60(38)12)26-35-18-16-32(5)17-19-35/h16-23,30-31,33-34,38-43H,24-29H2,1-15H3/t33-,34-,38+,39+,40+,41+,42-,43-/m1/s1. The van der Waals surface area contributed by atoms with Crippen molar-refractivity contribution in [1.29, 1.82) is 0 Å². The summed E-state index contributed by atoms with van der Waals surface area (Å²) in [5.41, 5.74) is -3.93. The lowest BCUT2D eigenvalue weighted by molar-refractivity contribution is -0.176. The average Bonchev–Trinajstić information content (AvgIpc) is 3.30. The summed E-state index contributed by atoms with van der Waals surface area (Å²) < 4.78 is 95.2. The van der Waals surface area contributed by atoms with Crippen LogP contribution in [0.25, 0.3) is 0 Å². The third kappa shape index (κ3) is 18.6. The summed E-state index contributed by atoms with van der Waals surface area (Å²) in [4.78, 5) is 119. The number of amides is 4. The maximum absolute atomic E-state index is 15.7. The summed E-state index contributed by atoms with van der Waals surface area (Å²) in [7, 11) is 4.66. The first-order valence-electron chi connectivity index (χ1n) is 24.9. The highest BCUT2D eigenvalue weighted by Crippen LogP contribution is 2.31. The van der Waals surface area contributed by atoms with Crippen molar-refractivity contribution in [3.63, 3.8) is 0 Å². The van der Waals surface area contributed by atoms with Gasteiger partial charge in [0.25, 0.3) is 23.6 Å². The van der Waals surface area contributed by atoms with Gasteiger partial charge in [0, 0.05) is 53.9 Å². The molecule has 75 heavy (non-hydrogen) atoms. The Morgan fingerprint density at radius 2 is 0.760 bits per heavy atom. The molecule has 16 nitrogen and oxygen atoms in total. The van der Waals surface area contributed by atoms with Crippen LogP contribution in [0.1, 0.15) is 117 Å². The number of benzene rings is 2. The molecule has 1 heterocycles. The van der Waals surface area contributed by atoms with E-state index in [0.29, 0.717) is 5.56 Å².